The van der Waals surface area contributed by atoms with Gasteiger partial charge in [0.05, 0.1) is 12.2 Å². The van der Waals surface area contributed by atoms with Gasteiger partial charge in [-0.25, -0.2) is 9.18 Å². The zero-order valence-corrected chi connectivity index (χ0v) is 17.7. The quantitative estimate of drug-likeness (QED) is 0.366. The summed E-state index contributed by atoms with van der Waals surface area (Å²) < 4.78 is 61.8. The molecule has 0 spiro atoms. The van der Waals surface area contributed by atoms with E-state index in [0.717, 1.165) is 12.1 Å². The Morgan fingerprint density at radius 1 is 1.17 bits per heavy atom. The van der Waals surface area contributed by atoms with Crippen LogP contribution in [0.5, 0.6) is 11.5 Å². The first-order chi connectivity index (χ1) is 16.5. The molecule has 2 heterocycles. The zero-order valence-electron chi connectivity index (χ0n) is 17.7. The summed E-state index contributed by atoms with van der Waals surface area (Å²) in [5.74, 6) is -4.02. The lowest BCUT2D eigenvalue weighted by molar-refractivity contribution is -0.275. The predicted octanol–water partition coefficient (Wildman–Crippen LogP) is 3.86. The highest BCUT2D eigenvalue weighted by Crippen LogP contribution is 2.42. The third-order valence-corrected chi connectivity index (χ3v) is 5.43. The lowest BCUT2D eigenvalue weighted by atomic mass is 9.81. The van der Waals surface area contributed by atoms with Crippen LogP contribution in [0, 0.1) is 5.82 Å². The summed E-state index contributed by atoms with van der Waals surface area (Å²) in [6.45, 7) is 0.0709. The Hall–Kier alpha value is -4.35. The minimum atomic E-state index is -5.09. The van der Waals surface area contributed by atoms with Gasteiger partial charge in [-0.1, -0.05) is 6.07 Å². The van der Waals surface area contributed by atoms with E-state index in [1.165, 1.54) is 30.5 Å². The molecule has 0 radical (unpaired) electrons. The van der Waals surface area contributed by atoms with Crippen molar-refractivity contribution in [2.45, 2.75) is 18.3 Å². The fraction of sp³-hybridized carbons (Fsp3) is 0.174. The molecule has 2 aromatic carbocycles. The molecule has 8 nitrogen and oxygen atoms in total. The van der Waals surface area contributed by atoms with Gasteiger partial charge in [-0.05, 0) is 48.0 Å². The highest BCUT2D eigenvalue weighted by atomic mass is 19.4. The van der Waals surface area contributed by atoms with Crippen molar-refractivity contribution in [1.82, 2.24) is 10.3 Å². The number of halogens is 4. The summed E-state index contributed by atoms with van der Waals surface area (Å²) >= 11 is 0. The van der Waals surface area contributed by atoms with Crippen LogP contribution in [0.1, 0.15) is 38.4 Å². The third-order valence-electron chi connectivity index (χ3n) is 5.43. The number of carboxylic acid groups (broad SMARTS) is 1. The number of nitrogens with zero attached hydrogens (tertiary/aromatic N) is 1. The van der Waals surface area contributed by atoms with Crippen LogP contribution in [-0.2, 0) is 5.54 Å². The number of benzene rings is 2. The van der Waals surface area contributed by atoms with Gasteiger partial charge < -0.3 is 25.6 Å². The highest BCUT2D eigenvalue weighted by molar-refractivity contribution is 6.00. The fourth-order valence-electron chi connectivity index (χ4n) is 3.87. The molecule has 1 aromatic heterocycles. The Bertz CT molecular complexity index is 1310. The molecule has 0 aliphatic carbocycles. The number of anilines is 1. The molecule has 0 saturated carbocycles. The minimum absolute atomic E-state index is 0.00773. The molecule has 1 aliphatic heterocycles. The van der Waals surface area contributed by atoms with Crippen molar-refractivity contribution >= 4 is 17.6 Å². The lowest BCUT2D eigenvalue weighted by Gasteiger charge is -2.39. The number of nitrogens with two attached hydrogens (primary N) is 1. The zero-order chi connectivity index (χ0) is 25.4. The maximum atomic E-state index is 14.7. The number of carboxylic acids is 1. The second-order valence-corrected chi connectivity index (χ2v) is 7.61. The summed E-state index contributed by atoms with van der Waals surface area (Å²) in [5, 5.41) is 11.9. The number of aromatic nitrogens is 1. The maximum absolute atomic E-state index is 14.7. The molecule has 1 amide bonds. The number of nitrogens with one attached hydrogen (secondary N) is 1. The molecule has 1 aliphatic rings. The number of nitrogen functional groups attached to an aromatic ring is 1. The Morgan fingerprint density at radius 3 is 2.60 bits per heavy atom. The number of ether oxygens (including phenoxy) is 2. The van der Waals surface area contributed by atoms with Crippen LogP contribution in [-0.4, -0.2) is 34.9 Å². The summed E-state index contributed by atoms with van der Waals surface area (Å²) in [5.41, 5.74) is 4.22. The first kappa shape index (κ1) is 23.8. The summed E-state index contributed by atoms with van der Waals surface area (Å²) in [6.07, 6.45) is -3.61. The van der Waals surface area contributed by atoms with Gasteiger partial charge in [-0.3, -0.25) is 9.78 Å². The van der Waals surface area contributed by atoms with Crippen LogP contribution in [0.4, 0.5) is 23.2 Å². The molecule has 0 bridgehead atoms. The maximum Gasteiger partial charge on any atom is 0.573 e. The van der Waals surface area contributed by atoms with E-state index in [1.807, 2.05) is 0 Å². The number of hydrogen-bond donors (Lipinski definition) is 3. The number of fused-ring (bicyclic) bond motifs is 1. The molecular formula is C23H17F4N3O5. The molecular weight excluding hydrogens is 474 g/mol. The number of amides is 1. The molecule has 1 atom stereocenters. The van der Waals surface area contributed by atoms with Gasteiger partial charge in [0, 0.05) is 23.9 Å². The first-order valence-corrected chi connectivity index (χ1v) is 10.1. The molecule has 4 N–H and O–H groups in total. The van der Waals surface area contributed by atoms with Crippen molar-refractivity contribution in [2.75, 3.05) is 12.3 Å². The van der Waals surface area contributed by atoms with Crippen molar-refractivity contribution in [3.63, 3.8) is 0 Å². The largest absolute Gasteiger partial charge is 0.573 e. The van der Waals surface area contributed by atoms with E-state index in [2.05, 4.69) is 15.0 Å². The summed E-state index contributed by atoms with van der Waals surface area (Å²) in [4.78, 5) is 28.7. The molecule has 4 rings (SSSR count). The Morgan fingerprint density at radius 2 is 1.94 bits per heavy atom. The van der Waals surface area contributed by atoms with Crippen molar-refractivity contribution in [3.8, 4) is 11.5 Å². The lowest BCUT2D eigenvalue weighted by Crippen LogP contribution is -2.50. The van der Waals surface area contributed by atoms with Crippen LogP contribution in [0.3, 0.4) is 0 Å². The van der Waals surface area contributed by atoms with Crippen LogP contribution >= 0.6 is 0 Å². The number of carbonyl (C=O) groups is 2. The van der Waals surface area contributed by atoms with Gasteiger partial charge >= 0.3 is 12.3 Å². The SMILES string of the molecule is Nc1cc(C(=O)NC2(c3ccc(OC(F)(F)F)c(F)c3)CCOc3cccnc32)ccc1C(=O)O. The van der Waals surface area contributed by atoms with Gasteiger partial charge in [0.1, 0.15) is 17.0 Å². The second-order valence-electron chi connectivity index (χ2n) is 7.61. The normalized spacial score (nSPS) is 17.1. The van der Waals surface area contributed by atoms with Crippen molar-refractivity contribution in [2.24, 2.45) is 0 Å². The van der Waals surface area contributed by atoms with E-state index in [-0.39, 0.29) is 46.8 Å². The smallest absolute Gasteiger partial charge is 0.491 e. The number of pyridine rings is 1. The molecule has 35 heavy (non-hydrogen) atoms. The van der Waals surface area contributed by atoms with Crippen LogP contribution in [0.15, 0.2) is 54.7 Å². The number of rotatable bonds is 5. The minimum Gasteiger partial charge on any atom is -0.491 e. The van der Waals surface area contributed by atoms with Gasteiger partial charge in [-0.15, -0.1) is 13.2 Å². The van der Waals surface area contributed by atoms with Crippen molar-refractivity contribution < 1.29 is 41.7 Å². The standard InChI is InChI=1S/C23H17F4N3O5/c24-15-11-13(4-6-17(15)35-23(25,26)27)22(7-9-34-18-2-1-8-29-19(18)22)30-20(31)12-3-5-14(21(32)33)16(28)10-12/h1-6,8,10-11H,7,9,28H2,(H,30,31)(H,32,33). The summed E-state index contributed by atoms with van der Waals surface area (Å²) in [7, 11) is 0. The number of carbonyl (C=O) groups excluding carboxylic acids is 1. The van der Waals surface area contributed by atoms with Crippen LogP contribution in [0.2, 0.25) is 0 Å². The van der Waals surface area contributed by atoms with Gasteiger partial charge in [0.2, 0.25) is 0 Å². The third kappa shape index (κ3) is 4.67. The van der Waals surface area contributed by atoms with E-state index in [4.69, 9.17) is 15.6 Å². The first-order valence-electron chi connectivity index (χ1n) is 10.1. The average molecular weight is 491 g/mol. The van der Waals surface area contributed by atoms with E-state index in [0.29, 0.717) is 0 Å². The number of hydrogen-bond acceptors (Lipinski definition) is 6. The van der Waals surface area contributed by atoms with Gasteiger partial charge in [0.15, 0.2) is 11.6 Å². The molecule has 0 fully saturated rings. The van der Waals surface area contributed by atoms with Gasteiger partial charge in [-0.2, -0.15) is 0 Å². The second kappa shape index (κ2) is 8.78. The molecule has 12 heteroatoms. The Kier molecular flexibility index (Phi) is 5.97. The van der Waals surface area contributed by atoms with Crippen molar-refractivity contribution in [1.29, 1.82) is 0 Å². The Labute approximate surface area is 195 Å². The monoisotopic (exact) mass is 491 g/mol. The van der Waals surface area contributed by atoms with E-state index in [9.17, 15) is 27.2 Å². The van der Waals surface area contributed by atoms with E-state index < -0.39 is 35.3 Å². The van der Waals surface area contributed by atoms with Crippen LogP contribution in [0.25, 0.3) is 0 Å². The molecule has 182 valence electrons. The molecule has 3 aromatic rings. The number of alkyl halides is 3. The topological polar surface area (TPSA) is 124 Å². The fourth-order valence-corrected chi connectivity index (χ4v) is 3.87. The molecule has 0 saturated heterocycles. The van der Waals surface area contributed by atoms with Crippen LogP contribution < -0.4 is 20.5 Å². The highest BCUT2D eigenvalue weighted by Gasteiger charge is 2.43. The summed E-state index contributed by atoms with van der Waals surface area (Å²) in [6, 6.07) is 9.59. The predicted molar refractivity (Wildman–Crippen MR) is 113 cm³/mol. The number of aromatic carboxylic acids is 1. The van der Waals surface area contributed by atoms with E-state index in [1.54, 1.807) is 12.1 Å². The Balaban J connectivity index is 1.79. The average Bonchev–Trinajstić information content (AvgIpc) is 2.79. The van der Waals surface area contributed by atoms with Crippen molar-refractivity contribution in [3.05, 3.63) is 82.9 Å². The molecule has 1 unspecified atom stereocenters. The van der Waals surface area contributed by atoms with Gasteiger partial charge in [0.25, 0.3) is 5.91 Å². The van der Waals surface area contributed by atoms with E-state index >= 15 is 0 Å².